The van der Waals surface area contributed by atoms with Crippen LogP contribution >= 0.6 is 0 Å². The fourth-order valence-electron chi connectivity index (χ4n) is 1.48. The van der Waals surface area contributed by atoms with Gasteiger partial charge in [0.05, 0.1) is 11.3 Å². The highest BCUT2D eigenvalue weighted by Crippen LogP contribution is 2.29. The van der Waals surface area contributed by atoms with Crippen LogP contribution in [0.2, 0.25) is 0 Å². The molecule has 18 heavy (non-hydrogen) atoms. The summed E-state index contributed by atoms with van der Waals surface area (Å²) in [6.07, 6.45) is 0. The standard InChI is InChI=1S/C13H11FN2O2/c14-8-4-6-9(7-5-8)18-11-3-1-2-10(12(11)15)13(16)17/h1-7H,15H2,(H2,16,17). The van der Waals surface area contributed by atoms with E-state index in [2.05, 4.69) is 0 Å². The zero-order valence-corrected chi connectivity index (χ0v) is 9.39. The SMILES string of the molecule is NC(=O)c1cccc(Oc2ccc(F)cc2)c1N. The van der Waals surface area contributed by atoms with Gasteiger partial charge in [0.15, 0.2) is 5.75 Å². The van der Waals surface area contributed by atoms with E-state index in [0.29, 0.717) is 11.5 Å². The molecule has 0 saturated carbocycles. The van der Waals surface area contributed by atoms with E-state index in [-0.39, 0.29) is 17.1 Å². The molecule has 0 atom stereocenters. The molecular weight excluding hydrogens is 235 g/mol. The van der Waals surface area contributed by atoms with Gasteiger partial charge < -0.3 is 16.2 Å². The van der Waals surface area contributed by atoms with E-state index in [1.165, 1.54) is 30.3 Å². The second-order valence-electron chi connectivity index (χ2n) is 3.64. The van der Waals surface area contributed by atoms with Crippen LogP contribution in [0.5, 0.6) is 11.5 Å². The van der Waals surface area contributed by atoms with Crippen molar-refractivity contribution in [3.8, 4) is 11.5 Å². The van der Waals surface area contributed by atoms with E-state index < -0.39 is 5.91 Å². The molecule has 2 rings (SSSR count). The van der Waals surface area contributed by atoms with Gasteiger partial charge in [-0.15, -0.1) is 0 Å². The van der Waals surface area contributed by atoms with E-state index in [1.807, 2.05) is 0 Å². The summed E-state index contributed by atoms with van der Waals surface area (Å²) in [5.41, 5.74) is 11.3. The number of carbonyl (C=O) groups excluding carboxylic acids is 1. The zero-order valence-electron chi connectivity index (χ0n) is 9.39. The summed E-state index contributed by atoms with van der Waals surface area (Å²) in [5.74, 6) is -0.263. The van der Waals surface area contributed by atoms with Crippen LogP contribution in [0.1, 0.15) is 10.4 Å². The monoisotopic (exact) mass is 246 g/mol. The van der Waals surface area contributed by atoms with Crippen molar-refractivity contribution in [2.45, 2.75) is 0 Å². The largest absolute Gasteiger partial charge is 0.455 e. The summed E-state index contributed by atoms with van der Waals surface area (Å²) < 4.78 is 18.2. The Hall–Kier alpha value is -2.56. The molecule has 0 unspecified atom stereocenters. The number of nitrogen functional groups attached to an aromatic ring is 1. The first-order valence-electron chi connectivity index (χ1n) is 5.19. The van der Waals surface area contributed by atoms with Crippen LogP contribution in [0.15, 0.2) is 42.5 Å². The number of halogens is 1. The Morgan fingerprint density at radius 2 is 1.78 bits per heavy atom. The lowest BCUT2D eigenvalue weighted by Gasteiger charge is -2.10. The number of rotatable bonds is 3. The quantitative estimate of drug-likeness (QED) is 0.815. The van der Waals surface area contributed by atoms with E-state index >= 15 is 0 Å². The van der Waals surface area contributed by atoms with Gasteiger partial charge in [-0.1, -0.05) is 6.07 Å². The lowest BCUT2D eigenvalue weighted by atomic mass is 10.1. The van der Waals surface area contributed by atoms with Crippen molar-refractivity contribution in [1.29, 1.82) is 0 Å². The summed E-state index contributed by atoms with van der Waals surface area (Å²) in [6.45, 7) is 0. The van der Waals surface area contributed by atoms with Gasteiger partial charge in [-0.3, -0.25) is 4.79 Å². The molecule has 0 heterocycles. The van der Waals surface area contributed by atoms with Gasteiger partial charge >= 0.3 is 0 Å². The molecule has 2 aromatic carbocycles. The lowest BCUT2D eigenvalue weighted by molar-refractivity contribution is 0.100. The molecule has 0 spiro atoms. The van der Waals surface area contributed by atoms with Crippen molar-refractivity contribution in [1.82, 2.24) is 0 Å². The maximum Gasteiger partial charge on any atom is 0.250 e. The molecule has 1 amide bonds. The summed E-state index contributed by atoms with van der Waals surface area (Å²) in [5, 5.41) is 0. The molecule has 0 fully saturated rings. The van der Waals surface area contributed by atoms with Crippen LogP contribution in [0.25, 0.3) is 0 Å². The Kier molecular flexibility index (Phi) is 3.14. The maximum absolute atomic E-state index is 12.7. The molecular formula is C13H11FN2O2. The number of hydrogen-bond acceptors (Lipinski definition) is 3. The lowest BCUT2D eigenvalue weighted by Crippen LogP contribution is -2.13. The van der Waals surface area contributed by atoms with Crippen LogP contribution in [0.4, 0.5) is 10.1 Å². The van der Waals surface area contributed by atoms with Crippen LogP contribution in [-0.2, 0) is 0 Å². The van der Waals surface area contributed by atoms with E-state index in [1.54, 1.807) is 12.1 Å². The third-order valence-electron chi connectivity index (χ3n) is 2.37. The van der Waals surface area contributed by atoms with Gasteiger partial charge in [-0.25, -0.2) is 4.39 Å². The number of hydrogen-bond donors (Lipinski definition) is 2. The number of nitrogens with two attached hydrogens (primary N) is 2. The van der Waals surface area contributed by atoms with Crippen LogP contribution < -0.4 is 16.2 Å². The van der Waals surface area contributed by atoms with Crippen LogP contribution in [0, 0.1) is 5.82 Å². The summed E-state index contributed by atoms with van der Waals surface area (Å²) in [4.78, 5) is 11.1. The summed E-state index contributed by atoms with van der Waals surface area (Å²) >= 11 is 0. The Labute approximate surface area is 103 Å². The predicted octanol–water partition coefficient (Wildman–Crippen LogP) is 2.30. The Balaban J connectivity index is 2.32. The van der Waals surface area contributed by atoms with Crippen LogP contribution in [0.3, 0.4) is 0 Å². The van der Waals surface area contributed by atoms with Gasteiger partial charge in [0, 0.05) is 0 Å². The molecule has 5 heteroatoms. The normalized spacial score (nSPS) is 10.1. The maximum atomic E-state index is 12.7. The van der Waals surface area contributed by atoms with Crippen LogP contribution in [-0.4, -0.2) is 5.91 Å². The highest BCUT2D eigenvalue weighted by atomic mass is 19.1. The highest BCUT2D eigenvalue weighted by Gasteiger charge is 2.10. The number of para-hydroxylation sites is 1. The number of ether oxygens (including phenoxy) is 1. The minimum atomic E-state index is -0.628. The molecule has 0 aromatic heterocycles. The fourth-order valence-corrected chi connectivity index (χ4v) is 1.48. The molecule has 0 saturated heterocycles. The molecule has 92 valence electrons. The average Bonchev–Trinajstić information content (AvgIpc) is 2.34. The first-order chi connectivity index (χ1) is 8.58. The first kappa shape index (κ1) is 11.9. The number of primary amides is 1. The molecule has 4 nitrogen and oxygen atoms in total. The minimum Gasteiger partial charge on any atom is -0.455 e. The Morgan fingerprint density at radius 1 is 1.11 bits per heavy atom. The Morgan fingerprint density at radius 3 is 2.39 bits per heavy atom. The van der Waals surface area contributed by atoms with Gasteiger partial charge in [-0.05, 0) is 36.4 Å². The first-order valence-corrected chi connectivity index (χ1v) is 5.19. The molecule has 0 aliphatic carbocycles. The molecule has 2 aromatic rings. The Bertz CT molecular complexity index is 582. The fraction of sp³-hybridized carbons (Fsp3) is 0. The van der Waals surface area contributed by atoms with Crippen molar-refractivity contribution < 1.29 is 13.9 Å². The summed E-state index contributed by atoms with van der Waals surface area (Å²) in [7, 11) is 0. The third-order valence-corrected chi connectivity index (χ3v) is 2.37. The number of amides is 1. The average molecular weight is 246 g/mol. The molecule has 4 N–H and O–H groups in total. The minimum absolute atomic E-state index is 0.161. The zero-order chi connectivity index (χ0) is 13.1. The predicted molar refractivity (Wildman–Crippen MR) is 65.8 cm³/mol. The third kappa shape index (κ3) is 2.40. The van der Waals surface area contributed by atoms with E-state index in [9.17, 15) is 9.18 Å². The highest BCUT2D eigenvalue weighted by molar-refractivity contribution is 5.99. The van der Waals surface area contributed by atoms with Crippen molar-refractivity contribution in [3.05, 3.63) is 53.8 Å². The van der Waals surface area contributed by atoms with Gasteiger partial charge in [0.25, 0.3) is 5.91 Å². The molecule has 0 bridgehead atoms. The van der Waals surface area contributed by atoms with Crippen molar-refractivity contribution >= 4 is 11.6 Å². The van der Waals surface area contributed by atoms with Gasteiger partial charge in [-0.2, -0.15) is 0 Å². The van der Waals surface area contributed by atoms with Crippen molar-refractivity contribution in [3.63, 3.8) is 0 Å². The number of carbonyl (C=O) groups is 1. The second kappa shape index (κ2) is 4.75. The van der Waals surface area contributed by atoms with Crippen molar-refractivity contribution in [2.24, 2.45) is 5.73 Å². The smallest absolute Gasteiger partial charge is 0.250 e. The van der Waals surface area contributed by atoms with E-state index in [0.717, 1.165) is 0 Å². The number of benzene rings is 2. The second-order valence-corrected chi connectivity index (χ2v) is 3.64. The summed E-state index contributed by atoms with van der Waals surface area (Å²) in [6, 6.07) is 10.2. The number of anilines is 1. The van der Waals surface area contributed by atoms with Crippen molar-refractivity contribution in [2.75, 3.05) is 5.73 Å². The van der Waals surface area contributed by atoms with Gasteiger partial charge in [0.2, 0.25) is 0 Å². The molecule has 0 aliphatic rings. The molecule has 0 radical (unpaired) electrons. The molecule has 0 aliphatic heterocycles. The van der Waals surface area contributed by atoms with E-state index in [4.69, 9.17) is 16.2 Å². The topological polar surface area (TPSA) is 78.3 Å². The van der Waals surface area contributed by atoms with Gasteiger partial charge in [0.1, 0.15) is 11.6 Å².